The molecule has 4 fully saturated rings. The summed E-state index contributed by atoms with van der Waals surface area (Å²) < 4.78 is 153. The van der Waals surface area contributed by atoms with E-state index in [1.807, 2.05) is 40.3 Å². The third kappa shape index (κ3) is 26.3. The first kappa shape index (κ1) is 89.1. The number of ether oxygens (including phenoxy) is 7. The van der Waals surface area contributed by atoms with Crippen molar-refractivity contribution in [2.24, 2.45) is 0 Å². The van der Waals surface area contributed by atoms with Crippen LogP contribution < -0.4 is 68.4 Å². The lowest BCUT2D eigenvalue weighted by atomic mass is 10.1. The standard InChI is InChI=1S/C24H26N2O12P2.C19H25N3O13P2.C19H24N2O13P2/c27-19-11-12-26(24(28)25-19)23-22-21(36-20(37-22)13-16-7-3-1-4-8-16)18(35-23)15-34-40(31,32)38-39(29,30)33-14-17-9-5-2-6-10-17;1-2-10-31-36(27,28)35-37(29,30)32-11-13-15(24)16(34-19(26)20-12-6-4-3-5-7-12)17(33-13)22-9-8-14(23)21-18(22)25;1-2-10-30-35(26,27)34-36(28,29)31-11-13-15(23)16(33-18(24)12-6-4-3-5-7-12)17(32-13)21-9-8-14(22)20-19(21)25/h1-12,18,20-23H,13-15H2,(H,29,30)(H,31,32)(H,25,27,28);3-9,13,15-17,24H,2,10-11H2,1H3,(H,20,26)(H,27,28)(H,29,30)(H,21,23,25);3-9,13,15-17,23H,2,10-11H2,1H3,(H,26,27)(H,28,29)(H,20,22,25)/p-6/t18-,20?,21+,22?,23-;2*13-,15+,16?,17-/m111/s1. The predicted molar refractivity (Wildman–Crippen MR) is 368 cm³/mol. The number of aliphatic hydroxyl groups is 2. The maximum absolute atomic E-state index is 12.6. The first-order valence-corrected chi connectivity index (χ1v) is 42.0. The molecule has 113 heavy (non-hydrogen) atoms. The lowest BCUT2D eigenvalue weighted by Gasteiger charge is -2.31. The number of esters is 1. The van der Waals surface area contributed by atoms with Gasteiger partial charge in [-0.15, -0.1) is 0 Å². The topological polar surface area (TPSA) is 640 Å². The fourth-order valence-corrected chi connectivity index (χ4v) is 16.8. The van der Waals surface area contributed by atoms with Crippen LogP contribution >= 0.6 is 46.9 Å². The summed E-state index contributed by atoms with van der Waals surface area (Å²) in [6, 6.07) is 36.2. The number of nitrogens with zero attached hydrogens (tertiary/aromatic N) is 3. The molecule has 4 saturated heterocycles. The van der Waals surface area contributed by atoms with E-state index in [1.54, 1.807) is 92.7 Å². The van der Waals surface area contributed by atoms with Crippen molar-refractivity contribution in [3.05, 3.63) is 237 Å². The fraction of sp³-hybridized carbons (Fsp3) is 0.387. The number of carbonyl (C=O) groups is 2. The van der Waals surface area contributed by atoms with E-state index < -0.39 is 199 Å². The molecule has 0 bridgehead atoms. The second-order valence-corrected chi connectivity index (χ2v) is 32.8. The van der Waals surface area contributed by atoms with Crippen LogP contribution in [0.4, 0.5) is 10.5 Å². The summed E-state index contributed by atoms with van der Waals surface area (Å²) in [5.74, 6) is -0.898. The molecule has 51 heteroatoms. The van der Waals surface area contributed by atoms with Crippen molar-refractivity contribution >= 4 is 64.7 Å². The van der Waals surface area contributed by atoms with Gasteiger partial charge in [0, 0.05) is 48.9 Å². The quantitative estimate of drug-likeness (QED) is 0.0236. The van der Waals surface area contributed by atoms with Gasteiger partial charge in [-0.05, 0) is 48.2 Å². The lowest BCUT2D eigenvalue weighted by molar-refractivity contribution is -0.248. The van der Waals surface area contributed by atoms with Crippen molar-refractivity contribution in [2.45, 2.75) is 120 Å². The van der Waals surface area contributed by atoms with Crippen LogP contribution in [0.2, 0.25) is 0 Å². The van der Waals surface area contributed by atoms with E-state index in [4.69, 9.17) is 37.7 Å². The molecule has 1 amide bonds. The number of H-pyrrole nitrogens is 3. The average molecular weight is 1710 g/mol. The summed E-state index contributed by atoms with van der Waals surface area (Å²) in [4.78, 5) is 174. The Hall–Kier alpha value is -7.84. The molecule has 0 spiro atoms. The molecule has 7 heterocycles. The van der Waals surface area contributed by atoms with Gasteiger partial charge in [-0.2, -0.15) is 0 Å². The summed E-state index contributed by atoms with van der Waals surface area (Å²) in [6.07, 6.45) is -14.6. The molecule has 10 unspecified atom stereocenters. The molecular weight excluding hydrogens is 1640 g/mol. The number of benzene rings is 4. The molecule has 11 rings (SSSR count). The number of aliphatic hydroxyl groups excluding tert-OH is 2. The van der Waals surface area contributed by atoms with E-state index >= 15 is 0 Å². The van der Waals surface area contributed by atoms with Crippen LogP contribution in [0.1, 0.15) is 66.9 Å². The number of nitrogens with one attached hydrogen (secondary N) is 4. The summed E-state index contributed by atoms with van der Waals surface area (Å²) in [7, 11) is -32.3. The average Bonchev–Trinajstić information content (AvgIpc) is 1.61. The molecule has 4 aromatic carbocycles. The first-order valence-electron chi connectivity index (χ1n) is 33.2. The van der Waals surface area contributed by atoms with Gasteiger partial charge in [0.2, 0.25) is 0 Å². The van der Waals surface area contributed by atoms with Crippen LogP contribution in [0.3, 0.4) is 0 Å². The van der Waals surface area contributed by atoms with E-state index in [-0.39, 0.29) is 31.6 Å². The summed E-state index contributed by atoms with van der Waals surface area (Å²) in [5, 5.41) is 23.8. The van der Waals surface area contributed by atoms with Gasteiger partial charge in [-0.3, -0.25) is 75.7 Å². The third-order valence-corrected chi connectivity index (χ3v) is 23.2. The largest absolute Gasteiger partial charge is 0.756 e. The minimum atomic E-state index is -5.51. The Morgan fingerprint density at radius 1 is 0.442 bits per heavy atom. The molecular formula is C62H69N7O38P6-6. The first-order chi connectivity index (χ1) is 53.4. The lowest BCUT2D eigenvalue weighted by Crippen LogP contribution is -2.41. The van der Waals surface area contributed by atoms with Gasteiger partial charge >= 0.3 is 29.1 Å². The van der Waals surface area contributed by atoms with E-state index in [9.17, 15) is 105 Å². The van der Waals surface area contributed by atoms with Crippen molar-refractivity contribution in [1.82, 2.24) is 28.7 Å². The van der Waals surface area contributed by atoms with Crippen LogP contribution in [-0.2, 0) is 114 Å². The Bertz CT molecular complexity index is 5040. The molecule has 4 aliphatic rings. The number of amides is 1. The Labute approximate surface area is 636 Å². The van der Waals surface area contributed by atoms with Crippen LogP contribution in [0.25, 0.3) is 0 Å². The Balaban J connectivity index is 0.000000195. The Morgan fingerprint density at radius 3 is 1.24 bits per heavy atom. The highest BCUT2D eigenvalue weighted by atomic mass is 31.3. The van der Waals surface area contributed by atoms with Gasteiger partial charge < -0.3 is 99.9 Å². The molecule has 616 valence electrons. The van der Waals surface area contributed by atoms with E-state index in [1.165, 1.54) is 18.3 Å². The maximum atomic E-state index is 12.6. The van der Waals surface area contributed by atoms with Crippen molar-refractivity contribution in [3.63, 3.8) is 0 Å². The van der Waals surface area contributed by atoms with Gasteiger partial charge in [-0.25, -0.2) is 36.9 Å². The van der Waals surface area contributed by atoms with Crippen LogP contribution in [0.5, 0.6) is 0 Å². The Morgan fingerprint density at radius 2 is 0.805 bits per heavy atom. The molecule has 6 N–H and O–H groups in total. The van der Waals surface area contributed by atoms with Crippen LogP contribution in [0, 0.1) is 0 Å². The van der Waals surface area contributed by atoms with E-state index in [0.29, 0.717) is 17.7 Å². The number of hydrogen-bond acceptors (Lipinski definition) is 38. The maximum Gasteiger partial charge on any atom is 0.412 e. The monoisotopic (exact) mass is 1710 g/mol. The van der Waals surface area contributed by atoms with Crippen LogP contribution in [-0.4, -0.2) is 145 Å². The van der Waals surface area contributed by atoms with Crippen molar-refractivity contribution < 1.29 is 150 Å². The number of fused-ring (bicyclic) bond motifs is 1. The smallest absolute Gasteiger partial charge is 0.412 e. The molecule has 0 saturated carbocycles. The van der Waals surface area contributed by atoms with Gasteiger partial charge in [-0.1, -0.05) is 111 Å². The van der Waals surface area contributed by atoms with Crippen molar-refractivity contribution in [2.75, 3.05) is 38.4 Å². The summed E-state index contributed by atoms with van der Waals surface area (Å²) >= 11 is 0. The highest BCUT2D eigenvalue weighted by Crippen LogP contribution is 2.58. The number of rotatable bonds is 33. The molecule has 19 atom stereocenters. The molecule has 0 radical (unpaired) electrons. The number of aromatic amines is 3. The number of hydrogen-bond donors (Lipinski definition) is 6. The van der Waals surface area contributed by atoms with E-state index in [2.05, 4.69) is 45.9 Å². The SMILES string of the molecule is CCCOP(=O)([O-])OP(=O)([O-])OC[C@H]1O[C@@H](n2ccc(=O)[nH]c2=O)C(OC(=O)Nc2ccccc2)[C@H]1O.CCCOP(=O)([O-])OP(=O)([O-])OC[C@H]1O[C@@H](n2ccc(=O)[nH]c2=O)C(OC(=O)c2ccccc2)[C@H]1O.O=c1ccn([C@@H]2O[C@H](COP(=O)([O-])OP(=O)([O-])OCc3ccccc3)[C@@H]3OC(Cc4ccccc4)OC32)c(=O)[nH]1. The molecule has 7 aromatic rings. The number of phosphoric ester groups is 6. The highest BCUT2D eigenvalue weighted by molar-refractivity contribution is 7.60. The normalized spacial score (nSPS) is 25.7. The summed E-state index contributed by atoms with van der Waals surface area (Å²) in [6.45, 7) is -0.641. The van der Waals surface area contributed by atoms with Gasteiger partial charge in [0.15, 0.2) is 37.2 Å². The summed E-state index contributed by atoms with van der Waals surface area (Å²) in [5.41, 5.74) is -3.01. The number of phosphoric acid groups is 6. The number of para-hydroxylation sites is 1. The van der Waals surface area contributed by atoms with E-state index in [0.717, 1.165) is 49.9 Å². The third-order valence-electron chi connectivity index (χ3n) is 15.6. The second-order valence-electron chi connectivity index (χ2n) is 23.9. The predicted octanol–water partition coefficient (Wildman–Crippen LogP) is 0.200. The molecule has 3 aromatic heterocycles. The zero-order valence-electron chi connectivity index (χ0n) is 58.5. The zero-order valence-corrected chi connectivity index (χ0v) is 63.9. The minimum Gasteiger partial charge on any atom is -0.756 e. The molecule has 4 aliphatic heterocycles. The minimum absolute atomic E-state index is 0.104. The van der Waals surface area contributed by atoms with Gasteiger partial charge in [0.05, 0.1) is 45.2 Å². The Kier molecular flexibility index (Phi) is 31.3. The number of anilines is 1. The zero-order chi connectivity index (χ0) is 82.1. The fourth-order valence-electron chi connectivity index (χ4n) is 10.7. The van der Waals surface area contributed by atoms with Crippen molar-refractivity contribution in [1.29, 1.82) is 0 Å². The second kappa shape index (κ2) is 39.7. The highest BCUT2D eigenvalue weighted by Gasteiger charge is 2.55. The molecule has 0 aliphatic carbocycles. The van der Waals surface area contributed by atoms with Gasteiger partial charge in [0.25, 0.3) is 63.6 Å². The number of aromatic nitrogens is 6. The van der Waals surface area contributed by atoms with Gasteiger partial charge in [0.1, 0.15) is 42.7 Å². The van der Waals surface area contributed by atoms with Crippen molar-refractivity contribution in [3.8, 4) is 0 Å². The molecule has 45 nitrogen and oxygen atoms in total. The number of carbonyl (C=O) groups excluding carboxylic acids is 2. The van der Waals surface area contributed by atoms with Crippen LogP contribution in [0.15, 0.2) is 187 Å².